The molecule has 2 saturated carbocycles. The predicted octanol–water partition coefficient (Wildman–Crippen LogP) is 2.17. The summed E-state index contributed by atoms with van der Waals surface area (Å²) in [5.41, 5.74) is 0.121. The number of aliphatic hydroxyl groups is 2. The molecule has 2 rings (SSSR count). The molecular weight excluding hydrogens is 226 g/mol. The lowest BCUT2D eigenvalue weighted by molar-refractivity contribution is 0.0193. The average Bonchev–Trinajstić information content (AvgIpc) is 2.93. The van der Waals surface area contributed by atoms with Crippen LogP contribution in [0, 0.1) is 5.41 Å². The maximum atomic E-state index is 9.81. The zero-order valence-electron chi connectivity index (χ0n) is 11.6. The minimum atomic E-state index is 0.121. The van der Waals surface area contributed by atoms with Gasteiger partial charge in [-0.3, -0.25) is 4.90 Å². The van der Waals surface area contributed by atoms with Gasteiger partial charge in [0, 0.05) is 31.2 Å². The normalized spacial score (nSPS) is 24.8. The molecule has 0 spiro atoms. The molecule has 2 N–H and O–H groups in total. The van der Waals surface area contributed by atoms with Crippen LogP contribution in [0.4, 0.5) is 0 Å². The summed E-state index contributed by atoms with van der Waals surface area (Å²) < 4.78 is 0. The first-order valence-electron chi connectivity index (χ1n) is 7.75. The highest BCUT2D eigenvalue weighted by molar-refractivity contribution is 4.88. The van der Waals surface area contributed by atoms with Gasteiger partial charge in [-0.1, -0.05) is 32.1 Å². The molecule has 0 aromatic carbocycles. The second-order valence-corrected chi connectivity index (χ2v) is 6.35. The predicted molar refractivity (Wildman–Crippen MR) is 73.5 cm³/mol. The standard InChI is InChI=1S/C15H29NO2/c17-11-10-16(14-6-2-3-7-14)12-15(13-18)8-4-1-5-9-15/h14,17-18H,1-13H2. The van der Waals surface area contributed by atoms with Crippen molar-refractivity contribution in [2.75, 3.05) is 26.3 Å². The van der Waals surface area contributed by atoms with Gasteiger partial charge in [0.05, 0.1) is 6.61 Å². The molecule has 0 aromatic heterocycles. The van der Waals surface area contributed by atoms with Crippen molar-refractivity contribution in [2.45, 2.75) is 63.8 Å². The molecule has 18 heavy (non-hydrogen) atoms. The molecule has 0 saturated heterocycles. The highest BCUT2D eigenvalue weighted by Gasteiger charge is 2.35. The Hall–Kier alpha value is -0.120. The molecule has 0 unspecified atom stereocenters. The van der Waals surface area contributed by atoms with Crippen molar-refractivity contribution >= 4 is 0 Å². The Morgan fingerprint density at radius 3 is 2.17 bits per heavy atom. The van der Waals surface area contributed by atoms with Gasteiger partial charge in [0.2, 0.25) is 0 Å². The lowest BCUT2D eigenvalue weighted by Gasteiger charge is -2.42. The summed E-state index contributed by atoms with van der Waals surface area (Å²) in [6, 6.07) is 0.655. The first-order valence-corrected chi connectivity index (χ1v) is 7.75. The Labute approximate surface area is 111 Å². The summed E-state index contributed by atoms with van der Waals surface area (Å²) in [5.74, 6) is 0. The molecule has 3 heteroatoms. The summed E-state index contributed by atoms with van der Waals surface area (Å²) in [6.07, 6.45) is 11.4. The van der Waals surface area contributed by atoms with Gasteiger partial charge in [-0.05, 0) is 25.7 Å². The first kappa shape index (κ1) is 14.3. The number of rotatable bonds is 6. The third kappa shape index (κ3) is 3.46. The number of aliphatic hydroxyl groups excluding tert-OH is 2. The minimum Gasteiger partial charge on any atom is -0.396 e. The summed E-state index contributed by atoms with van der Waals surface area (Å²) in [5, 5.41) is 19.1. The molecule has 0 atom stereocenters. The molecule has 2 aliphatic rings. The Bertz CT molecular complexity index is 233. The topological polar surface area (TPSA) is 43.7 Å². The maximum Gasteiger partial charge on any atom is 0.0558 e. The van der Waals surface area contributed by atoms with Crippen molar-refractivity contribution in [2.24, 2.45) is 5.41 Å². The van der Waals surface area contributed by atoms with Gasteiger partial charge in [-0.15, -0.1) is 0 Å². The number of hydrogen-bond acceptors (Lipinski definition) is 3. The third-order valence-corrected chi connectivity index (χ3v) is 5.02. The van der Waals surface area contributed by atoms with Crippen LogP contribution in [0.3, 0.4) is 0 Å². The zero-order valence-corrected chi connectivity index (χ0v) is 11.6. The fourth-order valence-corrected chi connectivity index (χ4v) is 3.89. The van der Waals surface area contributed by atoms with Crippen LogP contribution in [0.2, 0.25) is 0 Å². The molecule has 3 nitrogen and oxygen atoms in total. The van der Waals surface area contributed by atoms with Crippen LogP contribution >= 0.6 is 0 Å². The third-order valence-electron chi connectivity index (χ3n) is 5.02. The second-order valence-electron chi connectivity index (χ2n) is 6.35. The smallest absolute Gasteiger partial charge is 0.0558 e. The molecule has 2 aliphatic carbocycles. The molecule has 0 heterocycles. The van der Waals surface area contributed by atoms with E-state index in [0.717, 1.165) is 25.9 Å². The molecule has 0 amide bonds. The van der Waals surface area contributed by atoms with E-state index < -0.39 is 0 Å². The Morgan fingerprint density at radius 1 is 0.944 bits per heavy atom. The first-order chi connectivity index (χ1) is 8.79. The fourth-order valence-electron chi connectivity index (χ4n) is 3.89. The Balaban J connectivity index is 1.96. The van der Waals surface area contributed by atoms with Crippen molar-refractivity contribution in [3.63, 3.8) is 0 Å². The van der Waals surface area contributed by atoms with Crippen molar-refractivity contribution < 1.29 is 10.2 Å². The van der Waals surface area contributed by atoms with E-state index in [2.05, 4.69) is 4.90 Å². The monoisotopic (exact) mass is 255 g/mol. The molecule has 0 aliphatic heterocycles. The number of hydrogen-bond donors (Lipinski definition) is 2. The largest absolute Gasteiger partial charge is 0.396 e. The van der Waals surface area contributed by atoms with Crippen molar-refractivity contribution in [1.29, 1.82) is 0 Å². The molecule has 0 radical (unpaired) electrons. The van der Waals surface area contributed by atoms with Crippen molar-refractivity contribution in [1.82, 2.24) is 4.90 Å². The fraction of sp³-hybridized carbons (Fsp3) is 1.00. The van der Waals surface area contributed by atoms with Crippen LogP contribution in [-0.4, -0.2) is 47.5 Å². The van der Waals surface area contributed by atoms with E-state index in [4.69, 9.17) is 0 Å². The van der Waals surface area contributed by atoms with Crippen LogP contribution < -0.4 is 0 Å². The van der Waals surface area contributed by atoms with Crippen molar-refractivity contribution in [3.8, 4) is 0 Å². The minimum absolute atomic E-state index is 0.121. The summed E-state index contributed by atoms with van der Waals surface area (Å²) in [6.45, 7) is 2.35. The van der Waals surface area contributed by atoms with Gasteiger partial charge in [-0.25, -0.2) is 0 Å². The Morgan fingerprint density at radius 2 is 1.61 bits per heavy atom. The van der Waals surface area contributed by atoms with Gasteiger partial charge < -0.3 is 10.2 Å². The van der Waals surface area contributed by atoms with Crippen LogP contribution in [0.5, 0.6) is 0 Å². The van der Waals surface area contributed by atoms with E-state index in [1.165, 1.54) is 44.9 Å². The summed E-state index contributed by atoms with van der Waals surface area (Å²) in [4.78, 5) is 2.47. The van der Waals surface area contributed by atoms with Crippen LogP contribution in [-0.2, 0) is 0 Å². The van der Waals surface area contributed by atoms with Crippen LogP contribution in [0.15, 0.2) is 0 Å². The van der Waals surface area contributed by atoms with Gasteiger partial charge in [0.1, 0.15) is 0 Å². The quantitative estimate of drug-likeness (QED) is 0.764. The SMILES string of the molecule is OCCN(CC1(CO)CCCCC1)C1CCCC1. The van der Waals surface area contributed by atoms with E-state index in [-0.39, 0.29) is 12.0 Å². The highest BCUT2D eigenvalue weighted by atomic mass is 16.3. The van der Waals surface area contributed by atoms with E-state index >= 15 is 0 Å². The zero-order chi connectivity index (χ0) is 12.8. The van der Waals surface area contributed by atoms with E-state index in [9.17, 15) is 10.2 Å². The number of nitrogens with zero attached hydrogens (tertiary/aromatic N) is 1. The maximum absolute atomic E-state index is 9.81. The molecule has 0 bridgehead atoms. The lowest BCUT2D eigenvalue weighted by atomic mass is 9.74. The van der Waals surface area contributed by atoms with Gasteiger partial charge in [0.25, 0.3) is 0 Å². The highest BCUT2D eigenvalue weighted by Crippen LogP contribution is 2.38. The molecule has 2 fully saturated rings. The van der Waals surface area contributed by atoms with Gasteiger partial charge in [0.15, 0.2) is 0 Å². The molecular formula is C15H29NO2. The molecule has 106 valence electrons. The molecule has 0 aromatic rings. The van der Waals surface area contributed by atoms with Crippen LogP contribution in [0.25, 0.3) is 0 Å². The van der Waals surface area contributed by atoms with E-state index in [0.29, 0.717) is 12.6 Å². The lowest BCUT2D eigenvalue weighted by Crippen LogP contribution is -2.46. The van der Waals surface area contributed by atoms with Crippen LogP contribution in [0.1, 0.15) is 57.8 Å². The summed E-state index contributed by atoms with van der Waals surface area (Å²) >= 11 is 0. The Kier molecular flexibility index (Phi) is 5.46. The van der Waals surface area contributed by atoms with E-state index in [1.54, 1.807) is 0 Å². The van der Waals surface area contributed by atoms with Crippen molar-refractivity contribution in [3.05, 3.63) is 0 Å². The van der Waals surface area contributed by atoms with Gasteiger partial charge >= 0.3 is 0 Å². The second kappa shape index (κ2) is 6.88. The van der Waals surface area contributed by atoms with Gasteiger partial charge in [-0.2, -0.15) is 0 Å². The average molecular weight is 255 g/mol. The summed E-state index contributed by atoms with van der Waals surface area (Å²) in [7, 11) is 0. The van der Waals surface area contributed by atoms with E-state index in [1.807, 2.05) is 0 Å².